The number of aromatic nitrogens is 2. The molecule has 3 N–H and O–H groups in total. The van der Waals surface area contributed by atoms with Crippen molar-refractivity contribution in [1.82, 2.24) is 15.3 Å². The third-order valence-electron chi connectivity index (χ3n) is 6.02. The maximum absolute atomic E-state index is 12.7. The van der Waals surface area contributed by atoms with Gasteiger partial charge in [0.2, 0.25) is 5.91 Å². The minimum absolute atomic E-state index is 0.157. The third kappa shape index (κ3) is 6.04. The van der Waals surface area contributed by atoms with Crippen molar-refractivity contribution < 1.29 is 19.1 Å². The van der Waals surface area contributed by atoms with Gasteiger partial charge in [0.15, 0.2) is 0 Å². The molecule has 0 fully saturated rings. The number of anilines is 1. The predicted molar refractivity (Wildman–Crippen MR) is 136 cm³/mol. The first-order valence-corrected chi connectivity index (χ1v) is 12.8. The Morgan fingerprint density at radius 1 is 1.36 bits per heavy atom. The summed E-state index contributed by atoms with van der Waals surface area (Å²) in [6.07, 6.45) is 5.06. The molecule has 2 unspecified atom stereocenters. The molecule has 0 saturated carbocycles. The van der Waals surface area contributed by atoms with E-state index < -0.39 is 6.09 Å². The van der Waals surface area contributed by atoms with Crippen molar-refractivity contribution in [2.75, 3.05) is 11.9 Å². The number of H-pyrrole nitrogens is 1. The third-order valence-corrected chi connectivity index (χ3v) is 7.19. The highest BCUT2D eigenvalue weighted by Gasteiger charge is 2.29. The molecular formula is C26H29N5O4S. The molecule has 2 atom stereocenters. The van der Waals surface area contributed by atoms with E-state index in [-0.39, 0.29) is 24.5 Å². The molecule has 1 aliphatic rings. The number of thiophene rings is 1. The molecule has 0 radical (unpaired) electrons. The number of hydrogen-bond donors (Lipinski definition) is 3. The Bertz CT molecular complexity index is 1250. The molecular weight excluding hydrogens is 478 g/mol. The number of nitrogens with one attached hydrogen (secondary N) is 3. The molecule has 1 aromatic carbocycles. The second-order valence-corrected chi connectivity index (χ2v) is 9.62. The van der Waals surface area contributed by atoms with Crippen LogP contribution in [0, 0.1) is 11.3 Å². The normalized spacial score (nSPS) is 15.3. The fourth-order valence-corrected chi connectivity index (χ4v) is 5.53. The average Bonchev–Trinajstić information content (AvgIpc) is 3.51. The molecule has 0 spiro atoms. The van der Waals surface area contributed by atoms with Crippen LogP contribution in [0.5, 0.6) is 5.75 Å². The molecule has 2 aromatic heterocycles. The van der Waals surface area contributed by atoms with Gasteiger partial charge in [0, 0.05) is 30.1 Å². The number of carbonyl (C=O) groups excluding carboxylic acids is 2. The van der Waals surface area contributed by atoms with Crippen molar-refractivity contribution in [1.29, 1.82) is 5.26 Å². The number of alkyl carbamates (subject to hydrolysis) is 1. The highest BCUT2D eigenvalue weighted by Crippen LogP contribution is 2.38. The monoisotopic (exact) mass is 507 g/mol. The van der Waals surface area contributed by atoms with E-state index in [1.165, 1.54) is 11.3 Å². The van der Waals surface area contributed by atoms with Crippen LogP contribution in [-0.4, -0.2) is 34.7 Å². The van der Waals surface area contributed by atoms with Gasteiger partial charge >= 0.3 is 6.09 Å². The van der Waals surface area contributed by atoms with Gasteiger partial charge < -0.3 is 25.1 Å². The van der Waals surface area contributed by atoms with E-state index in [1.807, 2.05) is 38.1 Å². The van der Waals surface area contributed by atoms with Crippen LogP contribution in [0.3, 0.4) is 0 Å². The van der Waals surface area contributed by atoms with Crippen molar-refractivity contribution in [2.45, 2.75) is 58.1 Å². The van der Waals surface area contributed by atoms with Crippen LogP contribution in [-0.2, 0) is 28.8 Å². The lowest BCUT2D eigenvalue weighted by Crippen LogP contribution is -2.33. The lowest BCUT2D eigenvalue weighted by atomic mass is 9.94. The predicted octanol–water partition coefficient (Wildman–Crippen LogP) is 4.66. The highest BCUT2D eigenvalue weighted by atomic mass is 32.1. The van der Waals surface area contributed by atoms with E-state index >= 15 is 0 Å². The number of rotatable bonds is 9. The molecule has 3 aromatic rings. The van der Waals surface area contributed by atoms with Gasteiger partial charge in [0.05, 0.1) is 18.2 Å². The van der Waals surface area contributed by atoms with Gasteiger partial charge in [0.1, 0.15) is 28.7 Å². The summed E-state index contributed by atoms with van der Waals surface area (Å²) in [5.41, 5.74) is 2.41. The van der Waals surface area contributed by atoms with Crippen LogP contribution in [0.25, 0.3) is 0 Å². The number of carbonyl (C=O) groups is 2. The van der Waals surface area contributed by atoms with Gasteiger partial charge in [-0.15, -0.1) is 11.3 Å². The Morgan fingerprint density at radius 3 is 2.94 bits per heavy atom. The standard InChI is InChI=1S/C26H29N5O4S/c1-3-34-21-7-5-4-6-17(21)8-11-23(32)31-25-20(15-27)19-10-9-18(14-22(19)36-25)35-26(33)30-16(2)24-28-12-13-29-24/h4-7,12-13,16,18H,3,8-11,14H2,1-2H3,(H,28,29)(H,30,33)(H,31,32). The van der Waals surface area contributed by atoms with E-state index in [0.29, 0.717) is 48.7 Å². The molecule has 0 saturated heterocycles. The Labute approximate surface area is 213 Å². The number of nitrogens with zero attached hydrogens (tertiary/aromatic N) is 2. The quantitative estimate of drug-likeness (QED) is 0.386. The molecule has 0 bridgehead atoms. The van der Waals surface area contributed by atoms with E-state index in [1.54, 1.807) is 12.4 Å². The number of fused-ring (bicyclic) bond motifs is 1. The van der Waals surface area contributed by atoms with Crippen LogP contribution in [0.15, 0.2) is 36.7 Å². The molecule has 2 amide bonds. The first kappa shape index (κ1) is 25.3. The van der Waals surface area contributed by atoms with Gasteiger partial charge in [0.25, 0.3) is 0 Å². The lowest BCUT2D eigenvalue weighted by Gasteiger charge is -2.23. The minimum atomic E-state index is -0.509. The summed E-state index contributed by atoms with van der Waals surface area (Å²) in [5, 5.41) is 16.0. The summed E-state index contributed by atoms with van der Waals surface area (Å²) in [6, 6.07) is 9.63. The Morgan fingerprint density at radius 2 is 2.19 bits per heavy atom. The van der Waals surface area contributed by atoms with Crippen molar-refractivity contribution in [3.05, 3.63) is 64.1 Å². The number of imidazole rings is 1. The van der Waals surface area contributed by atoms with Crippen LogP contribution in [0.4, 0.5) is 9.80 Å². The summed E-state index contributed by atoms with van der Waals surface area (Å²) in [5.74, 6) is 1.28. The van der Waals surface area contributed by atoms with Crippen LogP contribution >= 0.6 is 11.3 Å². The minimum Gasteiger partial charge on any atom is -0.494 e. The second kappa shape index (κ2) is 11.7. The average molecular weight is 508 g/mol. The second-order valence-electron chi connectivity index (χ2n) is 8.52. The zero-order chi connectivity index (χ0) is 25.5. The van der Waals surface area contributed by atoms with Crippen molar-refractivity contribution >= 4 is 28.3 Å². The number of hydrogen-bond acceptors (Lipinski definition) is 7. The summed E-state index contributed by atoms with van der Waals surface area (Å²) in [6.45, 7) is 4.31. The first-order chi connectivity index (χ1) is 17.5. The number of nitriles is 1. The summed E-state index contributed by atoms with van der Waals surface area (Å²) < 4.78 is 11.3. The maximum atomic E-state index is 12.7. The van der Waals surface area contributed by atoms with Crippen LogP contribution in [0.2, 0.25) is 0 Å². The highest BCUT2D eigenvalue weighted by molar-refractivity contribution is 7.16. The first-order valence-electron chi connectivity index (χ1n) is 12.0. The number of benzene rings is 1. The van der Waals surface area contributed by atoms with Gasteiger partial charge in [-0.1, -0.05) is 18.2 Å². The van der Waals surface area contributed by atoms with Crippen molar-refractivity contribution in [2.24, 2.45) is 0 Å². The molecule has 4 rings (SSSR count). The molecule has 9 nitrogen and oxygen atoms in total. The van der Waals surface area contributed by atoms with E-state index in [4.69, 9.17) is 9.47 Å². The molecule has 36 heavy (non-hydrogen) atoms. The van der Waals surface area contributed by atoms with E-state index in [9.17, 15) is 14.9 Å². The van der Waals surface area contributed by atoms with Crippen LogP contribution in [0.1, 0.15) is 60.1 Å². The molecule has 188 valence electrons. The number of ether oxygens (including phenoxy) is 2. The fraction of sp³-hybridized carbons (Fsp3) is 0.385. The Kier molecular flexibility index (Phi) is 8.23. The van der Waals surface area contributed by atoms with Crippen molar-refractivity contribution in [3.63, 3.8) is 0 Å². The molecule has 0 aliphatic heterocycles. The number of aromatic amines is 1. The Hall–Kier alpha value is -3.84. The van der Waals surface area contributed by atoms with Gasteiger partial charge in [-0.3, -0.25) is 4.79 Å². The molecule has 10 heteroatoms. The zero-order valence-electron chi connectivity index (χ0n) is 20.3. The Balaban J connectivity index is 1.34. The maximum Gasteiger partial charge on any atom is 0.408 e. The van der Waals surface area contributed by atoms with E-state index in [0.717, 1.165) is 21.8 Å². The summed E-state index contributed by atoms with van der Waals surface area (Å²) in [7, 11) is 0. The molecule has 1 aliphatic carbocycles. The largest absolute Gasteiger partial charge is 0.494 e. The van der Waals surface area contributed by atoms with Gasteiger partial charge in [-0.25, -0.2) is 9.78 Å². The topological polar surface area (TPSA) is 129 Å². The number of para-hydroxylation sites is 1. The smallest absolute Gasteiger partial charge is 0.408 e. The van der Waals surface area contributed by atoms with E-state index in [2.05, 4.69) is 26.7 Å². The molecule has 2 heterocycles. The summed E-state index contributed by atoms with van der Waals surface area (Å²) >= 11 is 1.38. The SMILES string of the molecule is CCOc1ccccc1CCC(=O)Nc1sc2c(c1C#N)CCC(OC(=O)NC(C)c1ncc[nH]1)C2. The lowest BCUT2D eigenvalue weighted by molar-refractivity contribution is -0.116. The van der Waals surface area contributed by atoms with Crippen LogP contribution < -0.4 is 15.4 Å². The van der Waals surface area contributed by atoms with Gasteiger partial charge in [-0.2, -0.15) is 5.26 Å². The summed E-state index contributed by atoms with van der Waals surface area (Å²) in [4.78, 5) is 33.1. The van der Waals surface area contributed by atoms with Crippen molar-refractivity contribution in [3.8, 4) is 11.8 Å². The number of amides is 2. The van der Waals surface area contributed by atoms with Gasteiger partial charge in [-0.05, 0) is 50.3 Å². The zero-order valence-corrected chi connectivity index (χ0v) is 21.1. The fourth-order valence-electron chi connectivity index (χ4n) is 4.25. The number of aryl methyl sites for hydroxylation is 1.